The molecule has 0 spiro atoms. The fourth-order valence-electron chi connectivity index (χ4n) is 16.4. The molecule has 0 radical (unpaired) electrons. The second kappa shape index (κ2) is 46.6. The number of anilines is 4. The number of urea groups is 3. The molecule has 732 valence electrons. The molecule has 9 unspecified atom stereocenters. The first kappa shape index (κ1) is 103. The van der Waals surface area contributed by atoms with E-state index in [1.165, 1.54) is 130 Å². The largest absolute Gasteiger partial charge is 0.481 e. The number of carboxylic acid groups (broad SMARTS) is 2. The van der Waals surface area contributed by atoms with E-state index >= 15 is 9.18 Å². The number of amides is 14. The van der Waals surface area contributed by atoms with Crippen LogP contribution in [0.25, 0.3) is 22.3 Å². The maximum absolute atomic E-state index is 16.1. The van der Waals surface area contributed by atoms with E-state index in [9.17, 15) is 90.5 Å². The van der Waals surface area contributed by atoms with E-state index in [4.69, 9.17) is 34.4 Å². The molecule has 9 atom stereocenters. The molecule has 43 nitrogen and oxygen atoms in total. The average molecular weight is 1920 g/mol. The molecule has 16 N–H and O–H groups in total. The quantitative estimate of drug-likeness (QED) is 0.0184. The van der Waals surface area contributed by atoms with Gasteiger partial charge in [-0.2, -0.15) is 0 Å². The van der Waals surface area contributed by atoms with Gasteiger partial charge in [0.15, 0.2) is 0 Å². The maximum atomic E-state index is 16.1. The van der Waals surface area contributed by atoms with E-state index in [1.54, 1.807) is 32.9 Å². The van der Waals surface area contributed by atoms with E-state index in [0.29, 0.717) is 51.9 Å². The number of aromatic nitrogens is 3. The summed E-state index contributed by atoms with van der Waals surface area (Å²) in [6.45, 7) is 10.8. The van der Waals surface area contributed by atoms with Crippen molar-refractivity contribution in [2.75, 3.05) is 87.0 Å². The zero-order valence-corrected chi connectivity index (χ0v) is 77.3. The number of carbonyl (C=O) groups is 15. The van der Waals surface area contributed by atoms with Crippen LogP contribution in [0.4, 0.5) is 41.5 Å². The lowest BCUT2D eigenvalue weighted by Crippen LogP contribution is -2.57. The fourth-order valence-corrected chi connectivity index (χ4v) is 17.5. The number of nitrogens with one attached hydrogen (secondary N) is 12. The summed E-state index contributed by atoms with van der Waals surface area (Å²) >= 11 is 0. The summed E-state index contributed by atoms with van der Waals surface area (Å²) in [5, 5.41) is 49.0. The molecule has 4 aromatic carbocycles. The van der Waals surface area contributed by atoms with Crippen LogP contribution in [-0.2, 0) is 123 Å². The molecule has 137 heavy (non-hydrogen) atoms. The summed E-state index contributed by atoms with van der Waals surface area (Å²) in [4.78, 5) is 227. The number of cyclic esters (lactones) is 1. The summed E-state index contributed by atoms with van der Waals surface area (Å²) in [6.07, 6.45) is 1.47. The van der Waals surface area contributed by atoms with Crippen LogP contribution in [0.15, 0.2) is 119 Å². The highest BCUT2D eigenvalue weighted by Gasteiger charge is 2.53. The first-order valence-corrected chi connectivity index (χ1v) is 46.0. The number of benzene rings is 4. The van der Waals surface area contributed by atoms with E-state index in [2.05, 4.69) is 68.2 Å². The predicted molar refractivity (Wildman–Crippen MR) is 490 cm³/mol. The Hall–Kier alpha value is -14.6. The average Bonchev–Trinajstić information content (AvgIpc) is 1.54. The number of hydrogen-bond acceptors (Lipinski definition) is 25. The minimum Gasteiger partial charge on any atom is -0.481 e. The predicted octanol–water partition coefficient (Wildman–Crippen LogP) is 4.55. The van der Waals surface area contributed by atoms with E-state index in [-0.39, 0.29) is 160 Å². The number of esters is 2. The van der Waals surface area contributed by atoms with Gasteiger partial charge in [-0.25, -0.2) is 41.8 Å². The van der Waals surface area contributed by atoms with Gasteiger partial charge in [-0.15, -0.1) is 0 Å². The highest BCUT2D eigenvalue weighted by molar-refractivity contribution is 7.92. The molecule has 0 saturated carbocycles. The number of halogens is 1. The smallest absolute Gasteiger partial charge is 0.355 e. The third kappa shape index (κ3) is 26.1. The summed E-state index contributed by atoms with van der Waals surface area (Å²) in [5.74, 6) is -12.7. The van der Waals surface area contributed by atoms with Crippen LogP contribution in [0.5, 0.6) is 0 Å². The van der Waals surface area contributed by atoms with E-state index in [1.807, 2.05) is 6.92 Å². The number of hydrogen-bond donors (Lipinski definition) is 15. The van der Waals surface area contributed by atoms with Crippen LogP contribution < -0.4 is 74.5 Å². The number of carbonyl (C=O) groups excluding carboxylic acids is 13. The van der Waals surface area contributed by atoms with Crippen molar-refractivity contribution in [3.05, 3.63) is 170 Å². The Bertz CT molecular complexity index is 5950. The molecule has 7 aromatic rings. The Morgan fingerprint density at radius 2 is 1.34 bits per heavy atom. The van der Waals surface area contributed by atoms with Crippen molar-refractivity contribution in [2.45, 2.75) is 191 Å². The van der Waals surface area contributed by atoms with Crippen molar-refractivity contribution < 1.29 is 119 Å². The molecule has 14 amide bonds. The second-order valence-electron chi connectivity index (χ2n) is 33.5. The van der Waals surface area contributed by atoms with E-state index in [0.717, 1.165) is 9.80 Å². The van der Waals surface area contributed by atoms with Gasteiger partial charge < -0.3 is 112 Å². The molecule has 1 fully saturated rings. The van der Waals surface area contributed by atoms with E-state index < -0.39 is 196 Å². The molecule has 45 heteroatoms. The lowest BCUT2D eigenvalue weighted by Gasteiger charge is -2.37. The topological polar surface area (TPSA) is 601 Å². The summed E-state index contributed by atoms with van der Waals surface area (Å²) in [5.41, 5.74) is 6.21. The number of ether oxygens (including phenoxy) is 5. The summed E-state index contributed by atoms with van der Waals surface area (Å²) < 4.78 is 75.2. The van der Waals surface area contributed by atoms with Crippen LogP contribution in [0.1, 0.15) is 156 Å². The summed E-state index contributed by atoms with van der Waals surface area (Å²) in [6, 6.07) is 10.8. The van der Waals surface area contributed by atoms with Gasteiger partial charge in [-0.05, 0) is 166 Å². The van der Waals surface area contributed by atoms with Gasteiger partial charge in [0.05, 0.1) is 111 Å². The van der Waals surface area contributed by atoms with Crippen molar-refractivity contribution in [2.24, 2.45) is 11.7 Å². The number of sulfonamides is 1. The van der Waals surface area contributed by atoms with Gasteiger partial charge in [0.1, 0.15) is 48.7 Å². The molecule has 4 aliphatic rings. The fraction of sp³-hybridized carbons (Fsp3) is 0.435. The normalized spacial score (nSPS) is 16.4. The molecule has 3 aliphatic heterocycles. The molecule has 3 aromatic heterocycles. The Labute approximate surface area is 785 Å². The molecule has 1 aliphatic carbocycles. The number of pyridine rings is 3. The molecule has 0 bridgehead atoms. The highest BCUT2D eigenvalue weighted by atomic mass is 32.2. The third-order valence-electron chi connectivity index (χ3n) is 23.5. The molecule has 6 heterocycles. The lowest BCUT2D eigenvalue weighted by molar-refractivity contribution is -0.191. The maximum Gasteiger partial charge on any atom is 0.355 e. The summed E-state index contributed by atoms with van der Waals surface area (Å²) in [7, 11) is -2.89. The van der Waals surface area contributed by atoms with Crippen molar-refractivity contribution in [3.8, 4) is 11.4 Å². The number of nitrogens with two attached hydrogens (primary N) is 1. The van der Waals surface area contributed by atoms with Gasteiger partial charge in [0, 0.05) is 90.8 Å². The number of rotatable bonds is 45. The van der Waals surface area contributed by atoms with Crippen molar-refractivity contribution in [3.63, 3.8) is 0 Å². The lowest BCUT2D eigenvalue weighted by atomic mass is 9.81. The highest BCUT2D eigenvalue weighted by Crippen LogP contribution is 2.47. The molecular weight excluding hydrogens is 1810 g/mol. The Morgan fingerprint density at radius 3 is 2.00 bits per heavy atom. The Kier molecular flexibility index (Phi) is 35.0. The number of fused-ring (bicyclic) bond motifs is 5. The third-order valence-corrected chi connectivity index (χ3v) is 24.9. The van der Waals surface area contributed by atoms with Gasteiger partial charge in [-0.1, -0.05) is 45.9 Å². The van der Waals surface area contributed by atoms with Crippen LogP contribution in [0.2, 0.25) is 0 Å². The Balaban J connectivity index is 0.626. The number of primary amides is 1. The number of nitrogens with zero attached hydrogens (tertiary/aromatic N) is 5. The van der Waals surface area contributed by atoms with Crippen LogP contribution in [0, 0.1) is 18.7 Å². The minimum absolute atomic E-state index is 0.0125. The number of aryl methyl sites for hydroxylation is 1. The standard InChI is InChI=1S/C92H111FN18O25S/c1-9-28-96-89(127)101-57-15-12-17-59(41-57)137(130,131)108-58-16-11-14-54(40-58)66(45-75(115)116)106-91(129)100-56-21-19-55(20-22-56)99-90(128)97-31-34-133-36-38-134-37-35-132-33-27-73(113)102-69(46-76(117)118)86(124)110-32-13-18-70(110)83(121)107-79(49(3)4)87(125)136-92(10-2)63-42-71-80-61(47-111(71)85(123)62(63)48-135-88(92)126)78-65(24-23-60-50(5)64(93)43-67(103-80)77(60)78)104-82(120)68(44-72(94)112)105-81(119)52(7)109(8)84(122)51(6)98-74(114)39-53-25-29-95-30-26-53/h11-12,14-17,19-22,25-26,29-30,40-43,49,51-52,65-66,68-70,79,108H,9-10,13,18,23-24,27-28,31-39,44-48H2,1-8H3,(H2,94,112)(H,98,114)(H,102,113)(H,104,120)(H,105,119)(H,107,121)(H,115,116)(H,117,118)(H2,96,101,127)(H2,97,99,128)(H2,100,106,129). The van der Waals surface area contributed by atoms with Crippen LogP contribution in [0.3, 0.4) is 0 Å². The zero-order valence-electron chi connectivity index (χ0n) is 76.5. The zero-order chi connectivity index (χ0) is 99.3. The van der Waals surface area contributed by atoms with Crippen LogP contribution in [-0.4, -0.2) is 235 Å². The van der Waals surface area contributed by atoms with Crippen molar-refractivity contribution in [1.82, 2.24) is 66.9 Å². The van der Waals surface area contributed by atoms with Crippen molar-refractivity contribution >= 4 is 133 Å². The molecule has 1 saturated heterocycles. The van der Waals surface area contributed by atoms with Gasteiger partial charge >= 0.3 is 42.0 Å². The molecular formula is C92H111FN18O25S. The number of aliphatic carboxylic acids is 2. The van der Waals surface area contributed by atoms with Crippen molar-refractivity contribution in [1.29, 1.82) is 0 Å². The number of likely N-dealkylation sites (tertiary alicyclic amines) is 1. The second-order valence-corrected chi connectivity index (χ2v) is 35.2. The van der Waals surface area contributed by atoms with Gasteiger partial charge in [0.25, 0.3) is 15.6 Å². The first-order valence-electron chi connectivity index (χ1n) is 44.5. The SMILES string of the molecule is CCCNC(=O)Nc1cccc(S(=O)(=O)Nc2cccc(C(CC(=O)O)NC(=O)Nc3ccc(NC(=O)NCCOCCOCCOCCC(=O)NC(CC(=O)O)C(=O)N4CCCC4C(=O)NC(C(=O)OC4(CC)C(=O)OCc5c4cc4n(c5=O)Cc5c-4nc4cc(F)c(C)c6c4c5C(NC(=O)C(CC(N)=O)NC(=O)C(C)N(C)C(=O)C(C)NC(=O)Cc4ccncc4)CC6)C(C)C)cc3)c2)c1. The number of likely N-dealkylation sites (N-methyl/N-ethyl adjacent to an activating group) is 1. The Morgan fingerprint density at radius 1 is 0.686 bits per heavy atom. The first-order chi connectivity index (χ1) is 65.3. The number of carboxylic acids is 2. The van der Waals surface area contributed by atoms with Gasteiger partial charge in [-0.3, -0.25) is 62.4 Å². The monoisotopic (exact) mass is 1920 g/mol. The molecule has 11 rings (SSSR count). The van der Waals surface area contributed by atoms with Gasteiger partial charge in [0.2, 0.25) is 52.9 Å². The minimum atomic E-state index is -4.21. The van der Waals surface area contributed by atoms with Crippen LogP contribution >= 0.6 is 0 Å².